The smallest absolute Gasteiger partial charge is 0.360 e. The van der Waals surface area contributed by atoms with Gasteiger partial charge in [0, 0.05) is 11.0 Å². The lowest BCUT2D eigenvalue weighted by Crippen LogP contribution is -2.48. The zero-order valence-corrected chi connectivity index (χ0v) is 11.2. The Bertz CT molecular complexity index is 484. The highest BCUT2D eigenvalue weighted by atomic mass is 16.5. The van der Waals surface area contributed by atoms with Crippen LogP contribution in [-0.4, -0.2) is 18.2 Å². The number of carbonyl (C=O) groups excluding carboxylic acids is 1. The van der Waals surface area contributed by atoms with Crippen LogP contribution in [0, 0.1) is 17.8 Å². The van der Waals surface area contributed by atoms with E-state index >= 15 is 0 Å². The van der Waals surface area contributed by atoms with Crippen LogP contribution in [0.5, 0.6) is 0 Å². The lowest BCUT2D eigenvalue weighted by Gasteiger charge is -2.56. The van der Waals surface area contributed by atoms with E-state index in [2.05, 4.69) is 5.16 Å². The molecule has 0 unspecified atom stereocenters. The van der Waals surface area contributed by atoms with E-state index < -0.39 is 0 Å². The van der Waals surface area contributed by atoms with Gasteiger partial charge in [-0.1, -0.05) is 5.16 Å². The molecule has 102 valence electrons. The second-order valence-corrected chi connectivity index (χ2v) is 6.77. The number of carbonyl (C=O) groups is 1. The van der Waals surface area contributed by atoms with Gasteiger partial charge in [0.25, 0.3) is 0 Å². The summed E-state index contributed by atoms with van der Waals surface area (Å²) in [4.78, 5) is 11.8. The predicted octanol–water partition coefficient (Wildman–Crippen LogP) is 2.93. The van der Waals surface area contributed by atoms with Gasteiger partial charge in [-0.2, -0.15) is 0 Å². The molecule has 4 nitrogen and oxygen atoms in total. The van der Waals surface area contributed by atoms with Gasteiger partial charge < -0.3 is 9.26 Å². The van der Waals surface area contributed by atoms with Crippen LogP contribution < -0.4 is 0 Å². The van der Waals surface area contributed by atoms with Crippen molar-refractivity contribution >= 4 is 5.97 Å². The first-order valence-electron chi connectivity index (χ1n) is 7.23. The first kappa shape index (κ1) is 11.5. The molecule has 19 heavy (non-hydrogen) atoms. The quantitative estimate of drug-likeness (QED) is 0.768. The summed E-state index contributed by atoms with van der Waals surface area (Å²) >= 11 is 0. The van der Waals surface area contributed by atoms with E-state index in [9.17, 15) is 4.79 Å². The molecule has 1 aromatic heterocycles. The molecule has 0 spiro atoms. The number of methoxy groups -OCH3 is 1. The number of hydrogen-bond acceptors (Lipinski definition) is 4. The molecular weight excluding hydrogens is 242 g/mol. The van der Waals surface area contributed by atoms with Crippen LogP contribution >= 0.6 is 0 Å². The molecule has 4 saturated carbocycles. The molecule has 0 amide bonds. The molecule has 0 N–H and O–H groups in total. The largest absolute Gasteiger partial charge is 0.464 e. The molecule has 0 aliphatic heterocycles. The van der Waals surface area contributed by atoms with E-state index in [1.807, 2.05) is 0 Å². The minimum atomic E-state index is -0.362. The molecule has 4 aliphatic carbocycles. The summed E-state index contributed by atoms with van der Waals surface area (Å²) in [6, 6.07) is 0. The highest BCUT2D eigenvalue weighted by Gasteiger charge is 2.53. The van der Waals surface area contributed by atoms with Crippen LogP contribution in [0.1, 0.15) is 54.6 Å². The Balaban J connectivity index is 1.76. The molecular formula is C15H19NO3. The number of esters is 1. The first-order chi connectivity index (χ1) is 9.20. The lowest BCUT2D eigenvalue weighted by molar-refractivity contribution is -0.00611. The molecule has 4 bridgehead atoms. The monoisotopic (exact) mass is 261 g/mol. The van der Waals surface area contributed by atoms with Crippen molar-refractivity contribution in [1.82, 2.24) is 5.16 Å². The average Bonchev–Trinajstić information content (AvgIpc) is 2.86. The van der Waals surface area contributed by atoms with E-state index in [1.54, 1.807) is 6.26 Å². The topological polar surface area (TPSA) is 52.3 Å². The van der Waals surface area contributed by atoms with E-state index in [1.165, 1.54) is 45.6 Å². The van der Waals surface area contributed by atoms with Gasteiger partial charge in [0.05, 0.1) is 7.11 Å². The highest BCUT2D eigenvalue weighted by molar-refractivity contribution is 5.89. The summed E-state index contributed by atoms with van der Waals surface area (Å²) in [6.07, 6.45) is 9.45. The minimum absolute atomic E-state index is 0.137. The van der Waals surface area contributed by atoms with Crippen molar-refractivity contribution in [2.45, 2.75) is 43.9 Å². The number of hydrogen-bond donors (Lipinski definition) is 0. The van der Waals surface area contributed by atoms with Crippen LogP contribution in [0.4, 0.5) is 0 Å². The van der Waals surface area contributed by atoms with E-state index in [-0.39, 0.29) is 11.4 Å². The number of aromatic nitrogens is 1. The Labute approximate surface area is 112 Å². The number of ether oxygens (including phenoxy) is 1. The molecule has 1 aromatic rings. The Morgan fingerprint density at radius 1 is 1.26 bits per heavy atom. The average molecular weight is 261 g/mol. The fourth-order valence-electron chi connectivity index (χ4n) is 5.30. The summed E-state index contributed by atoms with van der Waals surface area (Å²) in [6.45, 7) is 0. The minimum Gasteiger partial charge on any atom is -0.464 e. The third-order valence-electron chi connectivity index (χ3n) is 5.56. The van der Waals surface area contributed by atoms with Gasteiger partial charge in [-0.05, 0) is 56.3 Å². The fourth-order valence-corrected chi connectivity index (χ4v) is 5.30. The van der Waals surface area contributed by atoms with Gasteiger partial charge in [-0.3, -0.25) is 0 Å². The zero-order valence-electron chi connectivity index (χ0n) is 11.2. The van der Waals surface area contributed by atoms with Crippen molar-refractivity contribution in [3.8, 4) is 0 Å². The van der Waals surface area contributed by atoms with Gasteiger partial charge in [0.15, 0.2) is 5.69 Å². The van der Waals surface area contributed by atoms with Crippen LogP contribution in [-0.2, 0) is 10.2 Å². The van der Waals surface area contributed by atoms with Crippen molar-refractivity contribution in [1.29, 1.82) is 0 Å². The van der Waals surface area contributed by atoms with Crippen molar-refractivity contribution in [3.63, 3.8) is 0 Å². The Morgan fingerprint density at radius 2 is 1.84 bits per heavy atom. The van der Waals surface area contributed by atoms with Crippen molar-refractivity contribution in [2.24, 2.45) is 17.8 Å². The van der Waals surface area contributed by atoms with Crippen LogP contribution in [0.15, 0.2) is 10.8 Å². The maximum atomic E-state index is 11.8. The molecule has 4 fully saturated rings. The Hall–Kier alpha value is -1.32. The van der Waals surface area contributed by atoms with E-state index in [4.69, 9.17) is 9.26 Å². The number of rotatable bonds is 2. The molecule has 0 aromatic carbocycles. The molecule has 5 rings (SSSR count). The SMILES string of the molecule is COC(=O)c1nocc1C12CC3CC(CC(C3)C1)C2. The maximum absolute atomic E-state index is 11.8. The van der Waals surface area contributed by atoms with Gasteiger partial charge in [-0.15, -0.1) is 0 Å². The van der Waals surface area contributed by atoms with Crippen LogP contribution in [0.3, 0.4) is 0 Å². The molecule has 4 aliphatic rings. The van der Waals surface area contributed by atoms with Gasteiger partial charge in [0.1, 0.15) is 6.26 Å². The third kappa shape index (κ3) is 1.58. The second-order valence-electron chi connectivity index (χ2n) is 6.77. The highest BCUT2D eigenvalue weighted by Crippen LogP contribution is 2.61. The first-order valence-corrected chi connectivity index (χ1v) is 7.23. The summed E-state index contributed by atoms with van der Waals surface area (Å²) in [5, 5.41) is 3.89. The van der Waals surface area contributed by atoms with Crippen LogP contribution in [0.2, 0.25) is 0 Å². The Morgan fingerprint density at radius 3 is 2.37 bits per heavy atom. The Kier molecular flexibility index (Phi) is 2.32. The standard InChI is InChI=1S/C15H19NO3/c1-18-14(17)13-12(8-19-16-13)15-5-9-2-10(6-15)4-11(3-9)7-15/h8-11H,2-7H2,1H3. The van der Waals surface area contributed by atoms with Gasteiger partial charge in [-0.25, -0.2) is 4.79 Å². The molecule has 0 radical (unpaired) electrons. The fraction of sp³-hybridized carbons (Fsp3) is 0.733. The third-order valence-corrected chi connectivity index (χ3v) is 5.56. The van der Waals surface area contributed by atoms with E-state index in [0.29, 0.717) is 5.69 Å². The lowest BCUT2D eigenvalue weighted by atomic mass is 9.48. The maximum Gasteiger partial charge on any atom is 0.360 e. The summed E-state index contributed by atoms with van der Waals surface area (Å²) < 4.78 is 9.94. The molecule has 4 heteroatoms. The summed E-state index contributed by atoms with van der Waals surface area (Å²) in [5.41, 5.74) is 1.56. The van der Waals surface area contributed by atoms with Crippen LogP contribution in [0.25, 0.3) is 0 Å². The van der Waals surface area contributed by atoms with Gasteiger partial charge in [0.2, 0.25) is 0 Å². The molecule has 1 heterocycles. The summed E-state index contributed by atoms with van der Waals surface area (Å²) in [5.74, 6) is 2.16. The molecule has 0 saturated heterocycles. The molecule has 0 atom stereocenters. The van der Waals surface area contributed by atoms with Gasteiger partial charge >= 0.3 is 5.97 Å². The zero-order chi connectivity index (χ0) is 13.0. The normalized spacial score (nSPS) is 39.5. The number of nitrogens with zero attached hydrogens (tertiary/aromatic N) is 1. The van der Waals surface area contributed by atoms with Crippen molar-refractivity contribution in [2.75, 3.05) is 7.11 Å². The predicted molar refractivity (Wildman–Crippen MR) is 67.7 cm³/mol. The van der Waals surface area contributed by atoms with Crippen molar-refractivity contribution in [3.05, 3.63) is 17.5 Å². The second kappa shape index (κ2) is 3.84. The summed E-state index contributed by atoms with van der Waals surface area (Å²) in [7, 11) is 1.40. The van der Waals surface area contributed by atoms with Crippen molar-refractivity contribution < 1.29 is 14.1 Å². The van der Waals surface area contributed by atoms with E-state index in [0.717, 1.165) is 23.3 Å².